The molecule has 0 aliphatic carbocycles. The summed E-state index contributed by atoms with van der Waals surface area (Å²) in [6.07, 6.45) is 5.81. The second-order valence-electron chi connectivity index (χ2n) is 6.10. The van der Waals surface area contributed by atoms with Gasteiger partial charge in [-0.15, -0.1) is 0 Å². The average Bonchev–Trinajstić information content (AvgIpc) is 2.50. The van der Waals surface area contributed by atoms with Crippen LogP contribution in [-0.2, 0) is 0 Å². The number of aliphatic hydroxyl groups is 1. The molecule has 0 spiro atoms. The number of anilines is 1. The van der Waals surface area contributed by atoms with Gasteiger partial charge in [-0.2, -0.15) is 0 Å². The van der Waals surface area contributed by atoms with Crippen LogP contribution in [0.4, 0.5) is 5.82 Å². The molecular weight excluding hydrogens is 288 g/mol. The van der Waals surface area contributed by atoms with E-state index in [9.17, 15) is 5.11 Å². The summed E-state index contributed by atoms with van der Waals surface area (Å²) in [4.78, 5) is 13.3. The fourth-order valence-corrected chi connectivity index (χ4v) is 3.63. The van der Waals surface area contributed by atoms with E-state index in [1.165, 1.54) is 0 Å². The van der Waals surface area contributed by atoms with Crippen LogP contribution in [0.5, 0.6) is 0 Å². The zero-order valence-electron chi connectivity index (χ0n) is 12.5. The first-order chi connectivity index (χ1) is 10.1. The number of β-amino-alcohol motifs (C(OH)–C–C–N with tert-alkyl or cyclic N) is 1. The molecule has 6 heteroatoms. The van der Waals surface area contributed by atoms with Crippen LogP contribution in [0.2, 0.25) is 5.02 Å². The average molecular weight is 311 g/mol. The molecular formula is C15H23ClN4O. The fourth-order valence-electron chi connectivity index (χ4n) is 3.42. The van der Waals surface area contributed by atoms with E-state index in [0.717, 1.165) is 63.5 Å². The Morgan fingerprint density at radius 1 is 1.24 bits per heavy atom. The summed E-state index contributed by atoms with van der Waals surface area (Å²) in [5.41, 5.74) is 0. The minimum absolute atomic E-state index is 0.143. The van der Waals surface area contributed by atoms with Gasteiger partial charge in [0.1, 0.15) is 10.8 Å². The summed E-state index contributed by atoms with van der Waals surface area (Å²) < 4.78 is 0. The Kier molecular flexibility index (Phi) is 4.62. The lowest BCUT2D eigenvalue weighted by atomic mass is 9.99. The quantitative estimate of drug-likeness (QED) is 0.903. The first-order valence-corrected chi connectivity index (χ1v) is 8.17. The number of aryl methyl sites for hydroxylation is 1. The number of halogens is 1. The summed E-state index contributed by atoms with van der Waals surface area (Å²) in [6.45, 7) is 5.77. The van der Waals surface area contributed by atoms with Crippen molar-refractivity contribution in [3.8, 4) is 0 Å². The van der Waals surface area contributed by atoms with E-state index < -0.39 is 0 Å². The summed E-state index contributed by atoms with van der Waals surface area (Å²) >= 11 is 6.22. The van der Waals surface area contributed by atoms with Crippen molar-refractivity contribution in [3.63, 3.8) is 0 Å². The molecule has 1 atom stereocenters. The highest BCUT2D eigenvalue weighted by Gasteiger charge is 2.29. The van der Waals surface area contributed by atoms with Crippen LogP contribution in [0, 0.1) is 6.92 Å². The summed E-state index contributed by atoms with van der Waals surface area (Å²) in [6, 6.07) is 0.581. The number of hydrogen-bond acceptors (Lipinski definition) is 5. The molecule has 2 saturated heterocycles. The van der Waals surface area contributed by atoms with Gasteiger partial charge >= 0.3 is 0 Å². The number of aromatic nitrogens is 2. The van der Waals surface area contributed by atoms with Gasteiger partial charge in [0.25, 0.3) is 0 Å². The van der Waals surface area contributed by atoms with Crippen LogP contribution in [0.15, 0.2) is 6.20 Å². The zero-order valence-corrected chi connectivity index (χ0v) is 13.3. The minimum Gasteiger partial charge on any atom is -0.392 e. The molecule has 0 amide bonds. The number of hydrogen-bond donors (Lipinski definition) is 1. The van der Waals surface area contributed by atoms with Crippen LogP contribution in [0.1, 0.15) is 31.5 Å². The highest BCUT2D eigenvalue weighted by molar-refractivity contribution is 6.32. The zero-order chi connectivity index (χ0) is 14.8. The van der Waals surface area contributed by atoms with Crippen molar-refractivity contribution in [1.29, 1.82) is 0 Å². The van der Waals surface area contributed by atoms with Gasteiger partial charge in [-0.1, -0.05) is 11.6 Å². The lowest BCUT2D eigenvalue weighted by Gasteiger charge is -2.41. The Hall–Kier alpha value is -0.910. The third kappa shape index (κ3) is 3.47. The summed E-state index contributed by atoms with van der Waals surface area (Å²) in [5, 5.41) is 10.5. The van der Waals surface area contributed by atoms with Gasteiger partial charge < -0.3 is 10.0 Å². The van der Waals surface area contributed by atoms with Crippen LogP contribution < -0.4 is 4.90 Å². The first kappa shape index (κ1) is 15.0. The molecule has 1 aromatic rings. The van der Waals surface area contributed by atoms with Gasteiger partial charge in [0.05, 0.1) is 12.3 Å². The van der Waals surface area contributed by atoms with Gasteiger partial charge in [-0.05, 0) is 39.2 Å². The van der Waals surface area contributed by atoms with Gasteiger partial charge in [-0.3, -0.25) is 4.90 Å². The molecule has 21 heavy (non-hydrogen) atoms. The van der Waals surface area contributed by atoms with Crippen LogP contribution in [0.3, 0.4) is 0 Å². The highest BCUT2D eigenvalue weighted by Crippen LogP contribution is 2.27. The molecule has 0 radical (unpaired) electrons. The van der Waals surface area contributed by atoms with Crippen molar-refractivity contribution in [2.75, 3.05) is 31.1 Å². The standard InChI is InChI=1S/C15H23ClN4O/c1-11-17-9-14(16)15(18-11)19-7-4-12(5-8-19)20-6-2-3-13(21)10-20/h9,12-13,21H,2-8,10H2,1H3. The lowest BCUT2D eigenvalue weighted by Crippen LogP contribution is -2.49. The topological polar surface area (TPSA) is 52.5 Å². The lowest BCUT2D eigenvalue weighted by molar-refractivity contribution is 0.0398. The third-order valence-electron chi connectivity index (χ3n) is 4.55. The normalized spacial score (nSPS) is 25.3. The van der Waals surface area contributed by atoms with Crippen molar-refractivity contribution >= 4 is 17.4 Å². The van der Waals surface area contributed by atoms with Crippen molar-refractivity contribution in [1.82, 2.24) is 14.9 Å². The van der Waals surface area contributed by atoms with Gasteiger partial charge in [0.2, 0.25) is 0 Å². The Labute approximate surface area is 130 Å². The maximum Gasteiger partial charge on any atom is 0.151 e. The van der Waals surface area contributed by atoms with Crippen LogP contribution in [-0.4, -0.2) is 58.3 Å². The molecule has 116 valence electrons. The highest BCUT2D eigenvalue weighted by atomic mass is 35.5. The molecule has 0 bridgehead atoms. The van der Waals surface area contributed by atoms with Crippen LogP contribution >= 0.6 is 11.6 Å². The Balaban J connectivity index is 1.61. The van der Waals surface area contributed by atoms with Gasteiger partial charge in [-0.25, -0.2) is 9.97 Å². The number of rotatable bonds is 2. The monoisotopic (exact) mass is 310 g/mol. The van der Waals surface area contributed by atoms with Crippen molar-refractivity contribution in [2.45, 2.75) is 44.8 Å². The number of nitrogens with zero attached hydrogens (tertiary/aromatic N) is 4. The van der Waals surface area contributed by atoms with Gasteiger partial charge in [0, 0.05) is 25.7 Å². The van der Waals surface area contributed by atoms with Gasteiger partial charge in [0.15, 0.2) is 5.82 Å². The molecule has 0 saturated carbocycles. The second kappa shape index (κ2) is 6.46. The Bertz CT molecular complexity index is 491. The molecule has 3 heterocycles. The maximum absolute atomic E-state index is 9.82. The van der Waals surface area contributed by atoms with E-state index in [4.69, 9.17) is 11.6 Å². The fraction of sp³-hybridized carbons (Fsp3) is 0.733. The molecule has 2 aliphatic heterocycles. The smallest absolute Gasteiger partial charge is 0.151 e. The number of aliphatic hydroxyl groups excluding tert-OH is 1. The van der Waals surface area contributed by atoms with Crippen molar-refractivity contribution in [3.05, 3.63) is 17.0 Å². The molecule has 5 nitrogen and oxygen atoms in total. The molecule has 2 aliphatic rings. The van der Waals surface area contributed by atoms with Crippen molar-refractivity contribution in [2.24, 2.45) is 0 Å². The molecule has 1 unspecified atom stereocenters. The second-order valence-corrected chi connectivity index (χ2v) is 6.51. The van der Waals surface area contributed by atoms with Crippen LogP contribution in [0.25, 0.3) is 0 Å². The first-order valence-electron chi connectivity index (χ1n) is 7.79. The summed E-state index contributed by atoms with van der Waals surface area (Å²) in [5.74, 6) is 1.62. The predicted octanol–water partition coefficient (Wildman–Crippen LogP) is 1.86. The third-order valence-corrected chi connectivity index (χ3v) is 4.82. The van der Waals surface area contributed by atoms with E-state index in [-0.39, 0.29) is 6.10 Å². The molecule has 3 rings (SSSR count). The van der Waals surface area contributed by atoms with E-state index in [1.54, 1.807) is 6.20 Å². The summed E-state index contributed by atoms with van der Waals surface area (Å²) in [7, 11) is 0. The van der Waals surface area contributed by atoms with E-state index in [0.29, 0.717) is 11.1 Å². The minimum atomic E-state index is -0.143. The SMILES string of the molecule is Cc1ncc(Cl)c(N2CCC(N3CCCC(O)C3)CC2)n1. The largest absolute Gasteiger partial charge is 0.392 e. The Morgan fingerprint density at radius 3 is 2.71 bits per heavy atom. The van der Waals surface area contributed by atoms with E-state index >= 15 is 0 Å². The number of piperidine rings is 2. The molecule has 2 fully saturated rings. The Morgan fingerprint density at radius 2 is 2.00 bits per heavy atom. The van der Waals surface area contributed by atoms with E-state index in [2.05, 4.69) is 19.8 Å². The molecule has 0 aromatic carbocycles. The van der Waals surface area contributed by atoms with Crippen molar-refractivity contribution < 1.29 is 5.11 Å². The molecule has 1 aromatic heterocycles. The predicted molar refractivity (Wildman–Crippen MR) is 83.8 cm³/mol. The molecule has 1 N–H and O–H groups in total. The maximum atomic E-state index is 9.82. The van der Waals surface area contributed by atoms with E-state index in [1.807, 2.05) is 6.92 Å². The number of likely N-dealkylation sites (tertiary alicyclic amines) is 1.